The number of likely N-dealkylation sites (tertiary alicyclic amines) is 1. The number of nitrogens with zero attached hydrogens (tertiary/aromatic N) is 3. The van der Waals surface area contributed by atoms with Gasteiger partial charge in [-0.05, 0) is 54.8 Å². The molecule has 2 saturated heterocycles. The number of phenolic OH excluding ortho intramolecular Hbond substituents is 1. The minimum atomic E-state index is -1.21. The third kappa shape index (κ3) is 4.40. The van der Waals surface area contributed by atoms with Gasteiger partial charge in [-0.15, -0.1) is 0 Å². The van der Waals surface area contributed by atoms with Crippen LogP contribution in [-0.4, -0.2) is 72.0 Å². The summed E-state index contributed by atoms with van der Waals surface area (Å²) < 4.78 is 5.40. The number of aromatic hydroxyl groups is 1. The van der Waals surface area contributed by atoms with Crippen molar-refractivity contribution < 1.29 is 24.2 Å². The van der Waals surface area contributed by atoms with Crippen LogP contribution in [0, 0.1) is 0 Å². The average Bonchev–Trinajstić information content (AvgIpc) is 3.51. The minimum absolute atomic E-state index is 0.00865. The Kier molecular flexibility index (Phi) is 6.60. The first kappa shape index (κ1) is 24.2. The third-order valence-electron chi connectivity index (χ3n) is 7.96. The van der Waals surface area contributed by atoms with E-state index >= 15 is 0 Å². The Balaban J connectivity index is 1.37. The van der Waals surface area contributed by atoms with Gasteiger partial charge in [0, 0.05) is 50.7 Å². The zero-order valence-electron chi connectivity index (χ0n) is 20.7. The summed E-state index contributed by atoms with van der Waals surface area (Å²) in [5, 5.41) is 9.55. The van der Waals surface area contributed by atoms with E-state index in [9.17, 15) is 19.5 Å². The Bertz CT molecular complexity index is 1140. The van der Waals surface area contributed by atoms with Crippen LogP contribution < -0.4 is 9.64 Å². The van der Waals surface area contributed by atoms with Crippen LogP contribution in [0.5, 0.6) is 11.5 Å². The smallest absolute Gasteiger partial charge is 0.241 e. The molecule has 2 aromatic rings. The lowest BCUT2D eigenvalue weighted by atomic mass is 9.75. The zero-order chi connectivity index (χ0) is 25.3. The molecular formula is C28H33N3O5. The number of anilines is 1. The highest BCUT2D eigenvalue weighted by molar-refractivity contribution is 6.11. The summed E-state index contributed by atoms with van der Waals surface area (Å²) in [5.41, 5.74) is 0.452. The first-order valence-corrected chi connectivity index (χ1v) is 12.7. The van der Waals surface area contributed by atoms with Gasteiger partial charge in [0.25, 0.3) is 0 Å². The zero-order valence-corrected chi connectivity index (χ0v) is 20.7. The number of imide groups is 1. The first-order valence-electron chi connectivity index (χ1n) is 12.7. The second-order valence-electron chi connectivity index (χ2n) is 10.1. The highest BCUT2D eigenvalue weighted by Gasteiger charge is 2.56. The Morgan fingerprint density at radius 3 is 2.39 bits per heavy atom. The molecule has 8 heteroatoms. The summed E-state index contributed by atoms with van der Waals surface area (Å²) in [6.07, 6.45) is 3.66. The summed E-state index contributed by atoms with van der Waals surface area (Å²) in [5.74, 6) is 0.278. The van der Waals surface area contributed by atoms with E-state index < -0.39 is 5.41 Å². The molecule has 8 nitrogen and oxygen atoms in total. The highest BCUT2D eigenvalue weighted by atomic mass is 16.5. The second-order valence-corrected chi connectivity index (χ2v) is 10.1. The van der Waals surface area contributed by atoms with E-state index in [-0.39, 0.29) is 42.4 Å². The number of benzene rings is 2. The number of piperazine rings is 1. The minimum Gasteiger partial charge on any atom is -0.508 e. The Morgan fingerprint density at radius 2 is 1.72 bits per heavy atom. The SMILES string of the molecule is COc1cccc([C@@]2(CC(=O)N3CCN(c4ccc(O)cc4)CC3)CC(=O)N(C3CCCC3)C2=O)c1. The first-order chi connectivity index (χ1) is 17.4. The number of hydrogen-bond donors (Lipinski definition) is 1. The number of rotatable bonds is 6. The van der Waals surface area contributed by atoms with Crippen molar-refractivity contribution in [1.82, 2.24) is 9.80 Å². The lowest BCUT2D eigenvalue weighted by Gasteiger charge is -2.38. The molecule has 0 bridgehead atoms. The summed E-state index contributed by atoms with van der Waals surface area (Å²) in [7, 11) is 1.57. The molecule has 1 N–H and O–H groups in total. The number of carbonyl (C=O) groups excluding carboxylic acids is 3. The van der Waals surface area contributed by atoms with Crippen molar-refractivity contribution in [2.45, 2.75) is 50.0 Å². The van der Waals surface area contributed by atoms with Crippen LogP contribution >= 0.6 is 0 Å². The molecule has 3 amide bonds. The standard InChI is InChI=1S/C28H33N3O5/c1-36-24-8-4-5-20(17-24)28(19-26(34)31(27(28)35)22-6-2-3-7-22)18-25(33)30-15-13-29(14-16-30)21-9-11-23(32)12-10-21/h4-5,8-12,17,22,32H,2-3,6-7,13-16,18-19H2,1H3/t28-/m1/s1. The van der Waals surface area contributed by atoms with Gasteiger partial charge in [0.2, 0.25) is 17.7 Å². The van der Waals surface area contributed by atoms with Crippen LogP contribution in [-0.2, 0) is 19.8 Å². The predicted octanol–water partition coefficient (Wildman–Crippen LogP) is 3.08. The molecule has 0 radical (unpaired) electrons. The number of carbonyl (C=O) groups is 3. The molecule has 0 aromatic heterocycles. The molecule has 2 aromatic carbocycles. The largest absolute Gasteiger partial charge is 0.508 e. The van der Waals surface area contributed by atoms with Crippen LogP contribution in [0.3, 0.4) is 0 Å². The van der Waals surface area contributed by atoms with Crippen LogP contribution in [0.15, 0.2) is 48.5 Å². The molecule has 36 heavy (non-hydrogen) atoms. The predicted molar refractivity (Wildman–Crippen MR) is 135 cm³/mol. The van der Waals surface area contributed by atoms with E-state index in [1.807, 2.05) is 24.3 Å². The average molecular weight is 492 g/mol. The van der Waals surface area contributed by atoms with Crippen LogP contribution in [0.25, 0.3) is 0 Å². The maximum atomic E-state index is 14.0. The van der Waals surface area contributed by atoms with Crippen molar-refractivity contribution in [2.24, 2.45) is 0 Å². The van der Waals surface area contributed by atoms with Gasteiger partial charge in [-0.25, -0.2) is 0 Å². The molecule has 3 fully saturated rings. The van der Waals surface area contributed by atoms with Crippen LogP contribution in [0.4, 0.5) is 5.69 Å². The van der Waals surface area contributed by atoms with E-state index in [1.165, 1.54) is 4.90 Å². The fourth-order valence-corrected chi connectivity index (χ4v) is 5.93. The van der Waals surface area contributed by atoms with Crippen molar-refractivity contribution in [1.29, 1.82) is 0 Å². The van der Waals surface area contributed by atoms with Gasteiger partial charge < -0.3 is 19.6 Å². The monoisotopic (exact) mass is 491 g/mol. The van der Waals surface area contributed by atoms with E-state index in [0.29, 0.717) is 37.5 Å². The summed E-state index contributed by atoms with van der Waals surface area (Å²) in [4.78, 5) is 46.2. The lowest BCUT2D eigenvalue weighted by Crippen LogP contribution is -2.51. The van der Waals surface area contributed by atoms with Crippen LogP contribution in [0.1, 0.15) is 44.1 Å². The second kappa shape index (κ2) is 9.84. The van der Waals surface area contributed by atoms with E-state index in [2.05, 4.69) is 4.90 Å². The molecule has 3 aliphatic rings. The molecule has 190 valence electrons. The topological polar surface area (TPSA) is 90.4 Å². The number of hydrogen-bond acceptors (Lipinski definition) is 6. The molecule has 1 atom stereocenters. The Morgan fingerprint density at radius 1 is 1.03 bits per heavy atom. The van der Waals surface area contributed by atoms with Gasteiger partial charge in [0.15, 0.2) is 0 Å². The van der Waals surface area contributed by atoms with Crippen molar-refractivity contribution in [3.8, 4) is 11.5 Å². The molecule has 2 aliphatic heterocycles. The molecule has 2 heterocycles. The van der Waals surface area contributed by atoms with Gasteiger partial charge in [-0.1, -0.05) is 25.0 Å². The van der Waals surface area contributed by atoms with Gasteiger partial charge in [-0.3, -0.25) is 19.3 Å². The summed E-state index contributed by atoms with van der Waals surface area (Å²) in [6, 6.07) is 14.2. The van der Waals surface area contributed by atoms with E-state index in [4.69, 9.17) is 4.74 Å². The van der Waals surface area contributed by atoms with E-state index in [0.717, 1.165) is 31.4 Å². The highest BCUT2D eigenvalue weighted by Crippen LogP contribution is 2.44. The fourth-order valence-electron chi connectivity index (χ4n) is 5.93. The van der Waals surface area contributed by atoms with Gasteiger partial charge in [-0.2, -0.15) is 0 Å². The molecule has 1 saturated carbocycles. The third-order valence-corrected chi connectivity index (χ3v) is 7.96. The van der Waals surface area contributed by atoms with Gasteiger partial charge in [0.05, 0.1) is 12.5 Å². The lowest BCUT2D eigenvalue weighted by molar-refractivity contribution is -0.144. The summed E-state index contributed by atoms with van der Waals surface area (Å²) in [6.45, 7) is 2.37. The fraction of sp³-hybridized carbons (Fsp3) is 0.464. The maximum Gasteiger partial charge on any atom is 0.241 e. The van der Waals surface area contributed by atoms with Gasteiger partial charge in [0.1, 0.15) is 11.5 Å². The molecule has 1 aliphatic carbocycles. The van der Waals surface area contributed by atoms with Crippen molar-refractivity contribution in [3.05, 3.63) is 54.1 Å². The van der Waals surface area contributed by atoms with Crippen molar-refractivity contribution >= 4 is 23.4 Å². The quantitative estimate of drug-likeness (QED) is 0.625. The molecular weight excluding hydrogens is 458 g/mol. The number of ether oxygens (including phenoxy) is 1. The summed E-state index contributed by atoms with van der Waals surface area (Å²) >= 11 is 0. The molecule has 0 spiro atoms. The number of methoxy groups -OCH3 is 1. The van der Waals surface area contributed by atoms with Crippen LogP contribution in [0.2, 0.25) is 0 Å². The Labute approximate surface area is 211 Å². The number of amides is 3. The number of phenols is 1. The molecule has 0 unspecified atom stereocenters. The van der Waals surface area contributed by atoms with E-state index in [1.54, 1.807) is 36.3 Å². The van der Waals surface area contributed by atoms with Crippen molar-refractivity contribution in [2.75, 3.05) is 38.2 Å². The maximum absolute atomic E-state index is 14.0. The Hall–Kier alpha value is -3.55. The normalized spacial score (nSPS) is 23.0. The van der Waals surface area contributed by atoms with Crippen molar-refractivity contribution in [3.63, 3.8) is 0 Å². The van der Waals surface area contributed by atoms with Gasteiger partial charge >= 0.3 is 0 Å². The molecule has 5 rings (SSSR count).